The largest absolute Gasteiger partial charge is 0.508 e. The van der Waals surface area contributed by atoms with Crippen LogP contribution in [0.4, 0.5) is 0 Å². The van der Waals surface area contributed by atoms with Crippen LogP contribution in [0.1, 0.15) is 12.0 Å². The van der Waals surface area contributed by atoms with Gasteiger partial charge in [0.25, 0.3) is 0 Å². The molecular weight excluding hydrogens is 296 g/mol. The fourth-order valence-corrected chi connectivity index (χ4v) is 1.49. The Bertz CT molecular complexity index is 575. The predicted molar refractivity (Wildman–Crippen MR) is 72.9 cm³/mol. The zero-order valence-electron chi connectivity index (χ0n) is 11.2. The molecule has 1 aromatic carbocycles. The first-order valence-corrected chi connectivity index (χ1v) is 6.10. The van der Waals surface area contributed by atoms with Crippen LogP contribution >= 0.6 is 0 Å². The molecule has 0 heterocycles. The van der Waals surface area contributed by atoms with E-state index in [0.29, 0.717) is 5.56 Å². The molecule has 0 fully saturated rings. The van der Waals surface area contributed by atoms with Crippen LogP contribution in [0.25, 0.3) is 6.08 Å². The summed E-state index contributed by atoms with van der Waals surface area (Å²) in [7, 11) is 0. The number of phenolic OH excluding ortho intramolecular Hbond substituents is 1. The molecule has 118 valence electrons. The number of carbonyl (C=O) groups is 3. The third-order valence-corrected chi connectivity index (χ3v) is 2.52. The number of esters is 1. The van der Waals surface area contributed by atoms with Gasteiger partial charge in [0.1, 0.15) is 11.9 Å². The number of carboxylic acid groups (broad SMARTS) is 2. The molecule has 0 amide bonds. The lowest BCUT2D eigenvalue weighted by atomic mass is 10.1. The van der Waals surface area contributed by atoms with E-state index in [9.17, 15) is 19.5 Å². The lowest BCUT2D eigenvalue weighted by molar-refractivity contribution is -0.170. The topological polar surface area (TPSA) is 141 Å². The highest BCUT2D eigenvalue weighted by Gasteiger charge is 2.31. The van der Waals surface area contributed by atoms with Gasteiger partial charge in [0.2, 0.25) is 6.10 Å². The van der Waals surface area contributed by atoms with E-state index in [1.165, 1.54) is 30.3 Å². The second kappa shape index (κ2) is 7.79. The number of hydrogen-bond donors (Lipinski definition) is 4. The lowest BCUT2D eigenvalue weighted by Crippen LogP contribution is -2.39. The number of aliphatic hydroxyl groups excluding tert-OH is 1. The highest BCUT2D eigenvalue weighted by Crippen LogP contribution is 2.11. The fourth-order valence-electron chi connectivity index (χ4n) is 1.49. The van der Waals surface area contributed by atoms with Crippen LogP contribution in [0.2, 0.25) is 0 Å². The van der Waals surface area contributed by atoms with E-state index >= 15 is 0 Å². The Labute approximate surface area is 124 Å². The van der Waals surface area contributed by atoms with Gasteiger partial charge in [0.15, 0.2) is 0 Å². The minimum atomic E-state index is -1.98. The van der Waals surface area contributed by atoms with E-state index in [4.69, 9.17) is 15.3 Å². The summed E-state index contributed by atoms with van der Waals surface area (Å²) in [5, 5.41) is 35.8. The maximum absolute atomic E-state index is 11.5. The number of phenols is 1. The molecule has 0 aliphatic heterocycles. The van der Waals surface area contributed by atoms with Gasteiger partial charge in [-0.15, -0.1) is 0 Å². The average molecular weight is 310 g/mol. The Morgan fingerprint density at radius 2 is 1.73 bits per heavy atom. The van der Waals surface area contributed by atoms with Crippen LogP contribution in [0, 0.1) is 0 Å². The molecule has 2 unspecified atom stereocenters. The van der Waals surface area contributed by atoms with Crippen molar-refractivity contribution < 1.29 is 39.5 Å². The van der Waals surface area contributed by atoms with Crippen molar-refractivity contribution in [3.63, 3.8) is 0 Å². The van der Waals surface area contributed by atoms with E-state index in [1.807, 2.05) is 0 Å². The summed E-state index contributed by atoms with van der Waals surface area (Å²) in [6.07, 6.45) is -2.47. The molecule has 4 N–H and O–H groups in total. The molecule has 0 spiro atoms. The fraction of sp³-hybridized carbons (Fsp3) is 0.214. The van der Waals surface area contributed by atoms with Gasteiger partial charge in [-0.1, -0.05) is 12.1 Å². The normalized spacial score (nSPS) is 13.5. The third kappa shape index (κ3) is 5.63. The number of ether oxygens (including phenoxy) is 1. The molecule has 2 atom stereocenters. The van der Waals surface area contributed by atoms with Gasteiger partial charge in [-0.25, -0.2) is 9.59 Å². The molecular formula is C14H14O8. The molecule has 1 rings (SSSR count). The van der Waals surface area contributed by atoms with Crippen molar-refractivity contribution >= 4 is 24.0 Å². The Balaban J connectivity index is 2.69. The zero-order valence-corrected chi connectivity index (χ0v) is 11.2. The quantitative estimate of drug-likeness (QED) is 0.414. The molecule has 22 heavy (non-hydrogen) atoms. The number of carbonyl (C=O) groups excluding carboxylic acids is 1. The number of carboxylic acids is 2. The molecule has 0 aliphatic carbocycles. The lowest BCUT2D eigenvalue weighted by Gasteiger charge is -2.17. The highest BCUT2D eigenvalue weighted by atomic mass is 16.6. The van der Waals surface area contributed by atoms with Crippen molar-refractivity contribution in [1.82, 2.24) is 0 Å². The first-order valence-electron chi connectivity index (χ1n) is 6.10. The Morgan fingerprint density at radius 3 is 2.23 bits per heavy atom. The summed E-state index contributed by atoms with van der Waals surface area (Å²) in [5.74, 6) is -4.08. The van der Waals surface area contributed by atoms with Crippen molar-refractivity contribution in [2.24, 2.45) is 0 Å². The number of hydrogen-bond acceptors (Lipinski definition) is 6. The summed E-state index contributed by atoms with van der Waals surface area (Å²) in [5.41, 5.74) is 0.549. The maximum atomic E-state index is 11.5. The van der Waals surface area contributed by atoms with Crippen molar-refractivity contribution in [3.8, 4) is 5.75 Å². The van der Waals surface area contributed by atoms with Gasteiger partial charge in [0, 0.05) is 6.08 Å². The Morgan fingerprint density at radius 1 is 1.14 bits per heavy atom. The third-order valence-electron chi connectivity index (χ3n) is 2.52. The number of aliphatic carboxylic acids is 2. The monoisotopic (exact) mass is 310 g/mol. The van der Waals surface area contributed by atoms with Crippen LogP contribution in [0.3, 0.4) is 0 Å². The van der Waals surface area contributed by atoms with E-state index in [-0.39, 0.29) is 5.75 Å². The van der Waals surface area contributed by atoms with E-state index < -0.39 is 36.5 Å². The predicted octanol–water partition coefficient (Wildman–Crippen LogP) is 0.237. The molecule has 8 nitrogen and oxygen atoms in total. The van der Waals surface area contributed by atoms with Gasteiger partial charge in [0.05, 0.1) is 6.42 Å². The van der Waals surface area contributed by atoms with Gasteiger partial charge in [-0.3, -0.25) is 4.79 Å². The number of rotatable bonds is 7. The molecule has 0 aliphatic rings. The van der Waals surface area contributed by atoms with Gasteiger partial charge < -0.3 is 25.2 Å². The number of aliphatic hydroxyl groups is 1. The minimum Gasteiger partial charge on any atom is -0.508 e. The van der Waals surface area contributed by atoms with Crippen molar-refractivity contribution in [2.75, 3.05) is 0 Å². The van der Waals surface area contributed by atoms with E-state index in [0.717, 1.165) is 6.08 Å². The van der Waals surface area contributed by atoms with E-state index in [1.54, 1.807) is 0 Å². The average Bonchev–Trinajstić information content (AvgIpc) is 2.43. The van der Waals surface area contributed by atoms with Gasteiger partial charge in [-0.05, 0) is 23.8 Å². The van der Waals surface area contributed by atoms with Crippen molar-refractivity contribution in [2.45, 2.75) is 18.6 Å². The van der Waals surface area contributed by atoms with E-state index in [2.05, 4.69) is 4.74 Å². The molecule has 8 heteroatoms. The van der Waals surface area contributed by atoms with Gasteiger partial charge in [-0.2, -0.15) is 0 Å². The first-order chi connectivity index (χ1) is 10.3. The standard InChI is InChI=1S/C14H14O8/c15-9-4-1-8(2-5-9)3-6-12(19)22-13(14(20)21)10(16)7-11(17)18/h1-6,10,13,15-16H,7H2,(H,17,18)(H,20,21)/b6-3+. The summed E-state index contributed by atoms with van der Waals surface area (Å²) in [6, 6.07) is 5.80. The molecule has 0 aromatic heterocycles. The number of benzene rings is 1. The van der Waals surface area contributed by atoms with Crippen molar-refractivity contribution in [1.29, 1.82) is 0 Å². The molecule has 0 bridgehead atoms. The van der Waals surface area contributed by atoms with Crippen LogP contribution < -0.4 is 0 Å². The van der Waals surface area contributed by atoms with Gasteiger partial charge >= 0.3 is 17.9 Å². The smallest absolute Gasteiger partial charge is 0.347 e. The first kappa shape index (κ1) is 17.2. The molecule has 0 radical (unpaired) electrons. The zero-order chi connectivity index (χ0) is 16.7. The molecule has 1 aromatic rings. The van der Waals surface area contributed by atoms with Crippen LogP contribution in [-0.2, 0) is 19.1 Å². The maximum Gasteiger partial charge on any atom is 0.347 e. The Kier molecular flexibility index (Phi) is 6.09. The molecule has 0 saturated heterocycles. The second-order valence-corrected chi connectivity index (χ2v) is 4.29. The van der Waals surface area contributed by atoms with Crippen LogP contribution in [0.15, 0.2) is 30.3 Å². The van der Waals surface area contributed by atoms with Crippen LogP contribution in [0.5, 0.6) is 5.75 Å². The van der Waals surface area contributed by atoms with Crippen molar-refractivity contribution in [3.05, 3.63) is 35.9 Å². The Hall–Kier alpha value is -2.87. The van der Waals surface area contributed by atoms with Crippen LogP contribution in [-0.4, -0.2) is 50.5 Å². The summed E-state index contributed by atoms with van der Waals surface area (Å²) >= 11 is 0. The summed E-state index contributed by atoms with van der Waals surface area (Å²) in [4.78, 5) is 32.8. The second-order valence-electron chi connectivity index (χ2n) is 4.29. The highest BCUT2D eigenvalue weighted by molar-refractivity contribution is 5.89. The number of aromatic hydroxyl groups is 1. The summed E-state index contributed by atoms with van der Waals surface area (Å²) < 4.78 is 4.53. The summed E-state index contributed by atoms with van der Waals surface area (Å²) in [6.45, 7) is 0. The molecule has 0 saturated carbocycles. The SMILES string of the molecule is O=C(O)CC(O)C(OC(=O)/C=C/c1ccc(O)cc1)C(=O)O. The minimum absolute atomic E-state index is 0.0439.